The van der Waals surface area contributed by atoms with Crippen molar-refractivity contribution in [3.8, 4) is 0 Å². The summed E-state index contributed by atoms with van der Waals surface area (Å²) in [6.45, 7) is 4.23. The van der Waals surface area contributed by atoms with Crippen molar-refractivity contribution in [2.45, 2.75) is 19.9 Å². The van der Waals surface area contributed by atoms with Crippen LogP contribution in [0.3, 0.4) is 0 Å². The first-order chi connectivity index (χ1) is 10.2. The average Bonchev–Trinajstić information content (AvgIpc) is 2.51. The van der Waals surface area contributed by atoms with E-state index in [1.165, 1.54) is 33.0 Å². The SMILES string of the molecule is Cc1ccc(C)c(C(NN)c2ccc3ccccc3c2)c1. The lowest BCUT2D eigenvalue weighted by molar-refractivity contribution is 0.634. The highest BCUT2D eigenvalue weighted by Crippen LogP contribution is 2.27. The summed E-state index contributed by atoms with van der Waals surface area (Å²) < 4.78 is 0. The summed E-state index contributed by atoms with van der Waals surface area (Å²) in [5, 5.41) is 2.48. The second kappa shape index (κ2) is 5.68. The summed E-state index contributed by atoms with van der Waals surface area (Å²) >= 11 is 0. The van der Waals surface area contributed by atoms with Crippen LogP contribution in [0.2, 0.25) is 0 Å². The molecule has 0 fully saturated rings. The van der Waals surface area contributed by atoms with Crippen LogP contribution in [0.4, 0.5) is 0 Å². The molecule has 1 atom stereocenters. The quantitative estimate of drug-likeness (QED) is 0.560. The Hall–Kier alpha value is -2.16. The topological polar surface area (TPSA) is 38.0 Å². The van der Waals surface area contributed by atoms with Gasteiger partial charge in [-0.2, -0.15) is 0 Å². The number of fused-ring (bicyclic) bond motifs is 1. The Kier molecular flexibility index (Phi) is 3.74. The minimum absolute atomic E-state index is 0.00880. The van der Waals surface area contributed by atoms with Gasteiger partial charge in [-0.1, -0.05) is 60.2 Å². The molecule has 0 saturated heterocycles. The number of benzene rings is 3. The molecule has 1 unspecified atom stereocenters. The number of hydrogen-bond acceptors (Lipinski definition) is 2. The van der Waals surface area contributed by atoms with Gasteiger partial charge in [0.2, 0.25) is 0 Å². The number of rotatable bonds is 3. The zero-order valence-electron chi connectivity index (χ0n) is 12.4. The summed E-state index contributed by atoms with van der Waals surface area (Å²) in [6.07, 6.45) is 0. The van der Waals surface area contributed by atoms with Gasteiger partial charge in [-0.15, -0.1) is 0 Å². The minimum Gasteiger partial charge on any atom is -0.271 e. The number of nitrogens with one attached hydrogen (secondary N) is 1. The summed E-state index contributed by atoms with van der Waals surface area (Å²) in [5.41, 5.74) is 7.88. The monoisotopic (exact) mass is 276 g/mol. The third kappa shape index (κ3) is 2.68. The molecule has 0 spiro atoms. The number of nitrogens with two attached hydrogens (primary N) is 1. The van der Waals surface area contributed by atoms with E-state index < -0.39 is 0 Å². The lowest BCUT2D eigenvalue weighted by Crippen LogP contribution is -2.29. The number of aryl methyl sites for hydroxylation is 2. The third-order valence-electron chi connectivity index (χ3n) is 4.02. The second-order valence-electron chi connectivity index (χ2n) is 5.57. The molecule has 0 aliphatic heterocycles. The smallest absolute Gasteiger partial charge is 0.0712 e. The normalized spacial score (nSPS) is 12.5. The Morgan fingerprint density at radius 2 is 1.62 bits per heavy atom. The van der Waals surface area contributed by atoms with Gasteiger partial charge in [-0.05, 0) is 47.4 Å². The lowest BCUT2D eigenvalue weighted by atomic mass is 9.93. The molecule has 0 aliphatic carbocycles. The summed E-state index contributed by atoms with van der Waals surface area (Å²) in [4.78, 5) is 0. The van der Waals surface area contributed by atoms with Gasteiger partial charge in [0.1, 0.15) is 0 Å². The van der Waals surface area contributed by atoms with E-state index in [9.17, 15) is 0 Å². The van der Waals surface area contributed by atoms with Crippen molar-refractivity contribution in [1.82, 2.24) is 5.43 Å². The number of hydrogen-bond donors (Lipinski definition) is 2. The van der Waals surface area contributed by atoms with E-state index in [4.69, 9.17) is 5.84 Å². The molecule has 0 amide bonds. The van der Waals surface area contributed by atoms with E-state index in [0.717, 1.165) is 0 Å². The fourth-order valence-corrected chi connectivity index (χ4v) is 2.82. The van der Waals surface area contributed by atoms with E-state index in [2.05, 4.69) is 79.9 Å². The molecule has 0 aliphatic rings. The fraction of sp³-hybridized carbons (Fsp3) is 0.158. The molecule has 3 rings (SSSR count). The van der Waals surface area contributed by atoms with Crippen LogP contribution in [-0.2, 0) is 0 Å². The molecule has 2 nitrogen and oxygen atoms in total. The molecule has 106 valence electrons. The maximum absolute atomic E-state index is 5.85. The highest BCUT2D eigenvalue weighted by Gasteiger charge is 2.15. The van der Waals surface area contributed by atoms with Crippen LogP contribution in [0.1, 0.15) is 28.3 Å². The molecule has 3 N–H and O–H groups in total. The highest BCUT2D eigenvalue weighted by molar-refractivity contribution is 5.83. The van der Waals surface area contributed by atoms with Crippen LogP contribution >= 0.6 is 0 Å². The van der Waals surface area contributed by atoms with E-state index in [0.29, 0.717) is 0 Å². The molecule has 0 radical (unpaired) electrons. The van der Waals surface area contributed by atoms with E-state index in [1.54, 1.807) is 0 Å². The number of hydrazine groups is 1. The average molecular weight is 276 g/mol. The molecular weight excluding hydrogens is 256 g/mol. The molecule has 3 aromatic rings. The molecule has 0 heterocycles. The van der Waals surface area contributed by atoms with E-state index in [-0.39, 0.29) is 6.04 Å². The Balaban J connectivity index is 2.11. The maximum Gasteiger partial charge on any atom is 0.0712 e. The van der Waals surface area contributed by atoms with Crippen LogP contribution in [0.5, 0.6) is 0 Å². The molecule has 21 heavy (non-hydrogen) atoms. The van der Waals surface area contributed by atoms with Crippen molar-refractivity contribution in [2.24, 2.45) is 5.84 Å². The Morgan fingerprint density at radius 3 is 2.38 bits per heavy atom. The van der Waals surface area contributed by atoms with Crippen LogP contribution in [-0.4, -0.2) is 0 Å². The van der Waals surface area contributed by atoms with Crippen molar-refractivity contribution < 1.29 is 0 Å². The van der Waals surface area contributed by atoms with Crippen LogP contribution in [0, 0.1) is 13.8 Å². The fourth-order valence-electron chi connectivity index (χ4n) is 2.82. The van der Waals surface area contributed by atoms with Gasteiger partial charge in [0, 0.05) is 0 Å². The molecule has 0 saturated carbocycles. The zero-order chi connectivity index (χ0) is 14.8. The van der Waals surface area contributed by atoms with Crippen molar-refractivity contribution in [1.29, 1.82) is 0 Å². The largest absolute Gasteiger partial charge is 0.271 e. The van der Waals surface area contributed by atoms with Crippen LogP contribution in [0.15, 0.2) is 60.7 Å². The highest BCUT2D eigenvalue weighted by atomic mass is 15.2. The van der Waals surface area contributed by atoms with Crippen LogP contribution in [0.25, 0.3) is 10.8 Å². The first-order valence-corrected chi connectivity index (χ1v) is 7.21. The van der Waals surface area contributed by atoms with Crippen molar-refractivity contribution in [3.63, 3.8) is 0 Å². The van der Waals surface area contributed by atoms with E-state index >= 15 is 0 Å². The minimum atomic E-state index is 0.00880. The summed E-state index contributed by atoms with van der Waals surface area (Å²) in [7, 11) is 0. The van der Waals surface area contributed by atoms with Gasteiger partial charge in [-0.25, -0.2) is 5.43 Å². The van der Waals surface area contributed by atoms with Gasteiger partial charge in [0.15, 0.2) is 0 Å². The molecule has 0 aromatic heterocycles. The third-order valence-corrected chi connectivity index (χ3v) is 4.02. The second-order valence-corrected chi connectivity index (χ2v) is 5.57. The van der Waals surface area contributed by atoms with Gasteiger partial charge in [-0.3, -0.25) is 5.84 Å². The van der Waals surface area contributed by atoms with Gasteiger partial charge >= 0.3 is 0 Å². The van der Waals surface area contributed by atoms with Gasteiger partial charge < -0.3 is 0 Å². The zero-order valence-corrected chi connectivity index (χ0v) is 12.4. The summed E-state index contributed by atoms with van der Waals surface area (Å²) in [6, 6.07) is 21.4. The van der Waals surface area contributed by atoms with Crippen molar-refractivity contribution in [3.05, 3.63) is 82.9 Å². The Bertz CT molecular complexity index is 777. The van der Waals surface area contributed by atoms with Crippen LogP contribution < -0.4 is 11.3 Å². The standard InChI is InChI=1S/C19H20N2/c1-13-7-8-14(2)18(11-13)19(21-20)17-10-9-15-5-3-4-6-16(15)12-17/h3-12,19,21H,20H2,1-2H3. The summed E-state index contributed by atoms with van der Waals surface area (Å²) in [5.74, 6) is 5.85. The predicted octanol–water partition coefficient (Wildman–Crippen LogP) is 4.01. The molecular formula is C19H20N2. The van der Waals surface area contributed by atoms with E-state index in [1.807, 2.05) is 0 Å². The first-order valence-electron chi connectivity index (χ1n) is 7.21. The molecule has 2 heteroatoms. The molecule has 3 aromatic carbocycles. The van der Waals surface area contributed by atoms with Crippen molar-refractivity contribution >= 4 is 10.8 Å². The predicted molar refractivity (Wildman–Crippen MR) is 89.0 cm³/mol. The Labute approximate surface area is 125 Å². The lowest BCUT2D eigenvalue weighted by Gasteiger charge is -2.20. The van der Waals surface area contributed by atoms with Gasteiger partial charge in [0.25, 0.3) is 0 Å². The van der Waals surface area contributed by atoms with Crippen molar-refractivity contribution in [2.75, 3.05) is 0 Å². The van der Waals surface area contributed by atoms with Gasteiger partial charge in [0.05, 0.1) is 6.04 Å². The first kappa shape index (κ1) is 13.8. The molecule has 0 bridgehead atoms. The maximum atomic E-state index is 5.85. The Morgan fingerprint density at radius 1 is 0.857 bits per heavy atom.